The Morgan fingerprint density at radius 2 is 1.60 bits per heavy atom. The van der Waals surface area contributed by atoms with Crippen LogP contribution in [-0.2, 0) is 25.7 Å². The Bertz CT molecular complexity index is 1870. The van der Waals surface area contributed by atoms with Crippen LogP contribution >= 0.6 is 0 Å². The van der Waals surface area contributed by atoms with Crippen LogP contribution in [0.1, 0.15) is 45.5 Å². The van der Waals surface area contributed by atoms with E-state index in [1.807, 2.05) is 54.6 Å². The Morgan fingerprint density at radius 1 is 0.830 bits per heavy atom. The van der Waals surface area contributed by atoms with Crippen molar-refractivity contribution in [3.63, 3.8) is 0 Å². The third-order valence-corrected chi connectivity index (χ3v) is 10.2. The fourth-order valence-corrected chi connectivity index (χ4v) is 7.53. The maximum Gasteiger partial charge on any atom is 0.231 e. The molecule has 0 radical (unpaired) electrons. The summed E-state index contributed by atoms with van der Waals surface area (Å²) in [7, 11) is 6.97. The first-order valence-corrected chi connectivity index (χ1v) is 16.0. The SMILES string of the molecule is COc1cc2c3cc1Oc1c(O)c(OC)cc4c1[C@H](Cc1cc5c(c(c1)Oc1ccc(cc1)C[C@@H]3[N+](C)([O-])CC2)OCO5)N(C)CC4. The van der Waals surface area contributed by atoms with Crippen LogP contribution in [0.2, 0.25) is 0 Å². The minimum Gasteiger partial charge on any atom is -0.633 e. The van der Waals surface area contributed by atoms with Crippen LogP contribution < -0.4 is 28.4 Å². The number of hydroxylamine groups is 3. The second kappa shape index (κ2) is 11.3. The summed E-state index contributed by atoms with van der Waals surface area (Å²) in [6.45, 7) is 1.36. The molecular formula is C37H38N2O8. The van der Waals surface area contributed by atoms with Crippen molar-refractivity contribution in [2.24, 2.45) is 0 Å². The zero-order valence-corrected chi connectivity index (χ0v) is 27.0. The third-order valence-electron chi connectivity index (χ3n) is 10.2. The van der Waals surface area contributed by atoms with Crippen molar-refractivity contribution in [1.82, 2.24) is 4.90 Å². The number of phenols is 1. The standard InChI is InChI=1S/C37H38N2O8/c1-38-11-9-24-18-31(43-4)35(40)37-34(24)27(38)13-22-15-32-36(45-20-44-32)33(16-22)46-25-7-5-21(6-8-25)14-28-26-19-30(47-37)29(42-3)17-23(26)10-12-39(28,2)41/h5-8,15-19,27-28,40H,9-14,20H2,1-4H3/t27-,28-,39?/m0/s1. The molecule has 5 aliphatic rings. The van der Waals surface area contributed by atoms with Gasteiger partial charge in [0.1, 0.15) is 11.8 Å². The lowest BCUT2D eigenvalue weighted by Crippen LogP contribution is -2.47. The number of ether oxygens (including phenoxy) is 6. The van der Waals surface area contributed by atoms with Gasteiger partial charge in [0.15, 0.2) is 34.5 Å². The number of quaternary nitrogens is 1. The summed E-state index contributed by atoms with van der Waals surface area (Å²) in [4.78, 5) is 2.27. The highest BCUT2D eigenvalue weighted by Gasteiger charge is 2.37. The lowest BCUT2D eigenvalue weighted by molar-refractivity contribution is -0.894. The van der Waals surface area contributed by atoms with E-state index < -0.39 is 4.65 Å². The minimum atomic E-state index is -0.417. The van der Waals surface area contributed by atoms with Gasteiger partial charge in [0.2, 0.25) is 18.3 Å². The number of nitrogens with zero attached hydrogens (tertiary/aromatic N) is 2. The second-order valence-electron chi connectivity index (χ2n) is 13.0. The van der Waals surface area contributed by atoms with Crippen LogP contribution in [0.5, 0.6) is 51.7 Å². The van der Waals surface area contributed by atoms with Crippen LogP contribution in [0.3, 0.4) is 0 Å². The van der Waals surface area contributed by atoms with E-state index >= 15 is 0 Å². The number of hydrogen-bond donors (Lipinski definition) is 1. The zero-order valence-electron chi connectivity index (χ0n) is 27.0. The molecule has 5 heterocycles. The smallest absolute Gasteiger partial charge is 0.231 e. The molecule has 0 amide bonds. The Labute approximate surface area is 273 Å². The van der Waals surface area contributed by atoms with Gasteiger partial charge in [-0.15, -0.1) is 0 Å². The molecule has 0 aliphatic carbocycles. The lowest BCUT2D eigenvalue weighted by Gasteiger charge is -2.49. The summed E-state index contributed by atoms with van der Waals surface area (Å²) in [5.74, 6) is 3.96. The fraction of sp³-hybridized carbons (Fsp3) is 0.351. The van der Waals surface area contributed by atoms with E-state index in [0.29, 0.717) is 71.8 Å². The molecule has 6 bridgehead atoms. The van der Waals surface area contributed by atoms with Crippen LogP contribution in [0, 0.1) is 5.21 Å². The van der Waals surface area contributed by atoms with E-state index in [9.17, 15) is 10.3 Å². The Morgan fingerprint density at radius 3 is 2.38 bits per heavy atom. The molecular weight excluding hydrogens is 600 g/mol. The number of phenolic OH excluding ortho intramolecular Hbond substituents is 1. The summed E-state index contributed by atoms with van der Waals surface area (Å²) < 4.78 is 35.9. The predicted molar refractivity (Wildman–Crippen MR) is 174 cm³/mol. The Hall–Kier alpha value is -4.64. The van der Waals surface area contributed by atoms with Crippen LogP contribution in [-0.4, -0.2) is 62.9 Å². The molecule has 47 heavy (non-hydrogen) atoms. The molecule has 0 fully saturated rings. The summed E-state index contributed by atoms with van der Waals surface area (Å²) in [5, 5.41) is 25.7. The van der Waals surface area contributed by atoms with Crippen molar-refractivity contribution in [1.29, 1.82) is 0 Å². The van der Waals surface area contributed by atoms with E-state index in [-0.39, 0.29) is 24.6 Å². The predicted octanol–water partition coefficient (Wildman–Crippen LogP) is 6.59. The minimum absolute atomic E-state index is 0.0871. The molecule has 3 atom stereocenters. The zero-order chi connectivity index (χ0) is 32.4. The molecule has 10 heteroatoms. The normalized spacial score (nSPS) is 22.7. The maximum absolute atomic E-state index is 14.0. The van der Waals surface area contributed by atoms with E-state index in [4.69, 9.17) is 28.4 Å². The number of hydrogen-bond acceptors (Lipinski definition) is 9. The summed E-state index contributed by atoms with van der Waals surface area (Å²) >= 11 is 0. The number of likely N-dealkylation sites (N-methyl/N-ethyl adjacent to an activating group) is 2. The van der Waals surface area contributed by atoms with Gasteiger partial charge < -0.3 is 43.4 Å². The molecule has 0 spiro atoms. The van der Waals surface area contributed by atoms with Crippen molar-refractivity contribution in [3.8, 4) is 51.7 Å². The molecule has 1 unspecified atom stereocenters. The van der Waals surface area contributed by atoms with Crippen LogP contribution in [0.15, 0.2) is 54.6 Å². The van der Waals surface area contributed by atoms with Crippen molar-refractivity contribution < 1.29 is 38.2 Å². The van der Waals surface area contributed by atoms with Crippen molar-refractivity contribution >= 4 is 0 Å². The van der Waals surface area contributed by atoms with Gasteiger partial charge in [-0.1, -0.05) is 12.1 Å². The first-order chi connectivity index (χ1) is 22.7. The number of rotatable bonds is 2. The maximum atomic E-state index is 14.0. The Balaban J connectivity index is 1.36. The molecule has 5 aliphatic heterocycles. The molecule has 0 saturated heterocycles. The van der Waals surface area contributed by atoms with Gasteiger partial charge in [-0.2, -0.15) is 0 Å². The Kier molecular flexibility index (Phi) is 7.12. The van der Waals surface area contributed by atoms with Gasteiger partial charge in [0.05, 0.1) is 27.8 Å². The first-order valence-electron chi connectivity index (χ1n) is 16.0. The number of benzene rings is 4. The number of aromatic hydroxyl groups is 1. The number of methoxy groups -OCH3 is 2. The molecule has 0 saturated carbocycles. The molecule has 10 nitrogen and oxygen atoms in total. The summed E-state index contributed by atoms with van der Waals surface area (Å²) in [6.07, 6.45) is 2.46. The molecule has 1 N–H and O–H groups in total. The summed E-state index contributed by atoms with van der Waals surface area (Å²) in [5.41, 5.74) is 5.87. The fourth-order valence-electron chi connectivity index (χ4n) is 7.53. The van der Waals surface area contributed by atoms with Gasteiger partial charge in [-0.05, 0) is 84.6 Å². The lowest BCUT2D eigenvalue weighted by atomic mass is 9.87. The van der Waals surface area contributed by atoms with Gasteiger partial charge in [0.25, 0.3) is 0 Å². The highest BCUT2D eigenvalue weighted by molar-refractivity contribution is 5.63. The average molecular weight is 639 g/mol. The van der Waals surface area contributed by atoms with E-state index in [1.54, 1.807) is 21.3 Å². The van der Waals surface area contributed by atoms with Crippen LogP contribution in [0.25, 0.3) is 0 Å². The first kappa shape index (κ1) is 29.7. The number of fused-ring (bicyclic) bond motifs is 3. The van der Waals surface area contributed by atoms with Gasteiger partial charge >= 0.3 is 0 Å². The van der Waals surface area contributed by atoms with Gasteiger partial charge in [-0.3, -0.25) is 4.90 Å². The van der Waals surface area contributed by atoms with Crippen molar-refractivity contribution in [3.05, 3.63) is 93.2 Å². The quantitative estimate of drug-likeness (QED) is 0.192. The third kappa shape index (κ3) is 5.08. The average Bonchev–Trinajstić information content (AvgIpc) is 3.54. The largest absolute Gasteiger partial charge is 0.633 e. The van der Waals surface area contributed by atoms with Gasteiger partial charge in [-0.25, -0.2) is 0 Å². The van der Waals surface area contributed by atoms with Gasteiger partial charge in [0, 0.05) is 36.6 Å². The van der Waals surface area contributed by atoms with E-state index in [1.165, 1.54) is 0 Å². The van der Waals surface area contributed by atoms with Crippen molar-refractivity contribution in [2.75, 3.05) is 48.2 Å². The van der Waals surface area contributed by atoms with Crippen LogP contribution in [0.4, 0.5) is 0 Å². The monoisotopic (exact) mass is 638 g/mol. The second-order valence-corrected chi connectivity index (χ2v) is 13.0. The molecule has 4 aromatic carbocycles. The summed E-state index contributed by atoms with van der Waals surface area (Å²) in [6, 6.07) is 17.1. The molecule has 4 aromatic rings. The molecule has 244 valence electrons. The highest BCUT2D eigenvalue weighted by atomic mass is 16.7. The van der Waals surface area contributed by atoms with E-state index in [2.05, 4.69) is 11.9 Å². The van der Waals surface area contributed by atoms with E-state index in [0.717, 1.165) is 46.3 Å². The topological polar surface area (TPSA) is 102 Å². The highest BCUT2D eigenvalue weighted by Crippen LogP contribution is 2.52. The molecule has 0 aromatic heterocycles. The van der Waals surface area contributed by atoms with Crippen molar-refractivity contribution in [2.45, 2.75) is 37.8 Å². The molecule has 9 rings (SSSR count).